The van der Waals surface area contributed by atoms with Crippen LogP contribution in [0.2, 0.25) is 0 Å². The van der Waals surface area contributed by atoms with E-state index in [9.17, 15) is 9.18 Å². The molecular weight excluding hydrogens is 479 g/mol. The van der Waals surface area contributed by atoms with Gasteiger partial charge in [0, 0.05) is 44.5 Å². The molecule has 5 rings (SSSR count). The van der Waals surface area contributed by atoms with Crippen LogP contribution in [-0.2, 0) is 4.79 Å². The molecule has 1 aromatic heterocycles. The van der Waals surface area contributed by atoms with E-state index in [0.717, 1.165) is 39.1 Å². The number of hydrogen-bond acceptors (Lipinski definition) is 6. The van der Waals surface area contributed by atoms with Crippen LogP contribution in [0.3, 0.4) is 0 Å². The molecule has 1 aliphatic carbocycles. The van der Waals surface area contributed by atoms with Crippen LogP contribution in [0, 0.1) is 19.3 Å². The highest BCUT2D eigenvalue weighted by molar-refractivity contribution is 7.81. The predicted molar refractivity (Wildman–Crippen MR) is 140 cm³/mol. The number of amides is 1. The van der Waals surface area contributed by atoms with E-state index in [1.54, 1.807) is 25.1 Å². The Hall–Kier alpha value is -3.13. The number of ether oxygens (including phenoxy) is 1. The normalized spacial score (nSPS) is 20.1. The van der Waals surface area contributed by atoms with Gasteiger partial charge in [0.05, 0.1) is 5.69 Å². The molecule has 0 radical (unpaired) electrons. The lowest BCUT2D eigenvalue weighted by molar-refractivity contribution is -0.123. The first-order valence-electron chi connectivity index (χ1n) is 12.2. The van der Waals surface area contributed by atoms with Gasteiger partial charge in [-0.05, 0) is 69.2 Å². The summed E-state index contributed by atoms with van der Waals surface area (Å²) >= 11 is 5.81. The molecule has 1 amide bonds. The van der Waals surface area contributed by atoms with Gasteiger partial charge in [0.15, 0.2) is 16.7 Å². The van der Waals surface area contributed by atoms with Gasteiger partial charge in [0.25, 0.3) is 11.7 Å². The predicted octanol–water partition coefficient (Wildman–Crippen LogP) is 3.77. The number of likely N-dealkylation sites (N-methyl/N-ethyl adjacent to an activating group) is 1. The van der Waals surface area contributed by atoms with Crippen LogP contribution in [0.25, 0.3) is 4.85 Å². The van der Waals surface area contributed by atoms with Crippen molar-refractivity contribution < 1.29 is 13.9 Å². The number of thiocarbonyl (C=S) groups is 1. The first-order valence-corrected chi connectivity index (χ1v) is 12.6. The molecule has 2 aliphatic heterocycles. The molecule has 8 nitrogen and oxygen atoms in total. The number of rotatable bonds is 6. The van der Waals surface area contributed by atoms with Crippen LogP contribution in [0.5, 0.6) is 5.75 Å². The third-order valence-electron chi connectivity index (χ3n) is 7.43. The Morgan fingerprint density at radius 1 is 1.19 bits per heavy atom. The molecule has 36 heavy (non-hydrogen) atoms. The molecule has 2 aromatic rings. The molecule has 3 aliphatic rings. The first-order chi connectivity index (χ1) is 17.3. The van der Waals surface area contributed by atoms with E-state index in [1.807, 2.05) is 4.90 Å². The summed E-state index contributed by atoms with van der Waals surface area (Å²) in [4.78, 5) is 29.2. The highest BCUT2D eigenvalue weighted by atomic mass is 32.1. The number of hydrogen-bond donors (Lipinski definition) is 0. The van der Waals surface area contributed by atoms with Crippen LogP contribution in [0.1, 0.15) is 24.8 Å². The lowest BCUT2D eigenvalue weighted by Gasteiger charge is -2.43. The van der Waals surface area contributed by atoms with E-state index in [1.165, 1.54) is 17.2 Å². The second-order valence-electron chi connectivity index (χ2n) is 9.70. The lowest BCUT2D eigenvalue weighted by Crippen LogP contribution is -2.55. The van der Waals surface area contributed by atoms with Crippen molar-refractivity contribution in [3.63, 3.8) is 0 Å². The molecule has 3 fully saturated rings. The van der Waals surface area contributed by atoms with Crippen molar-refractivity contribution in [2.24, 2.45) is 0 Å². The van der Waals surface area contributed by atoms with Crippen molar-refractivity contribution in [2.75, 3.05) is 56.2 Å². The van der Waals surface area contributed by atoms with Gasteiger partial charge < -0.3 is 19.4 Å². The average molecular weight is 509 g/mol. The lowest BCUT2D eigenvalue weighted by atomic mass is 9.75. The minimum Gasteiger partial charge on any atom is -0.489 e. The maximum atomic E-state index is 14.7. The number of nitrogens with zero attached hydrogens (tertiary/aromatic N) is 6. The quantitative estimate of drug-likeness (QED) is 0.435. The number of piperazine rings is 1. The zero-order valence-corrected chi connectivity index (χ0v) is 21.4. The summed E-state index contributed by atoms with van der Waals surface area (Å²) in [7, 11) is 2.11. The standard InChI is InChI=1S/C26H29FN6O2S/c1-18-15-20(17-29-23(18)28-2)32-24(34)26(7-4-8-26)33(25(32)36)19-5-6-21(27)22(16-19)35-14-13-31-11-9-30(3)10-12-31/h5-6,15-17H,4,7-14H2,1,3H3. The van der Waals surface area contributed by atoms with E-state index >= 15 is 0 Å². The maximum absolute atomic E-state index is 14.7. The fourth-order valence-electron chi connectivity index (χ4n) is 5.10. The Bertz CT molecular complexity index is 1240. The van der Waals surface area contributed by atoms with Crippen LogP contribution >= 0.6 is 12.2 Å². The van der Waals surface area contributed by atoms with Gasteiger partial charge in [-0.1, -0.05) is 6.57 Å². The van der Waals surface area contributed by atoms with Crippen molar-refractivity contribution in [2.45, 2.75) is 31.7 Å². The highest BCUT2D eigenvalue weighted by Crippen LogP contribution is 2.48. The van der Waals surface area contributed by atoms with Crippen molar-refractivity contribution in [3.05, 3.63) is 53.3 Å². The van der Waals surface area contributed by atoms with Gasteiger partial charge >= 0.3 is 0 Å². The van der Waals surface area contributed by atoms with E-state index in [0.29, 0.717) is 47.3 Å². The highest BCUT2D eigenvalue weighted by Gasteiger charge is 2.59. The van der Waals surface area contributed by atoms with Gasteiger partial charge in [-0.15, -0.1) is 4.98 Å². The van der Waals surface area contributed by atoms with Gasteiger partial charge in [0.2, 0.25) is 0 Å². The summed E-state index contributed by atoms with van der Waals surface area (Å²) in [5.74, 6) is -0.104. The molecule has 1 saturated carbocycles. The molecule has 3 heterocycles. The Morgan fingerprint density at radius 3 is 2.58 bits per heavy atom. The van der Waals surface area contributed by atoms with Crippen LogP contribution in [-0.4, -0.2) is 77.7 Å². The maximum Gasteiger partial charge on any atom is 0.272 e. The molecule has 2 saturated heterocycles. The topological polar surface area (TPSA) is 56.5 Å². The minimum atomic E-state index is -0.793. The molecule has 10 heteroatoms. The van der Waals surface area contributed by atoms with Gasteiger partial charge in [-0.25, -0.2) is 4.39 Å². The fourth-order valence-corrected chi connectivity index (χ4v) is 5.57. The van der Waals surface area contributed by atoms with Crippen molar-refractivity contribution in [1.82, 2.24) is 14.8 Å². The SMILES string of the molecule is [C-]#[N+]c1ncc(N2C(=O)C3(CCC3)N(c3ccc(F)c(OCCN4CCN(C)CC4)c3)C2=S)cc1C. The van der Waals surface area contributed by atoms with Crippen molar-refractivity contribution in [1.29, 1.82) is 0 Å². The summed E-state index contributed by atoms with van der Waals surface area (Å²) in [5.41, 5.74) is 1.05. The monoisotopic (exact) mass is 508 g/mol. The van der Waals surface area contributed by atoms with Crippen LogP contribution in [0.15, 0.2) is 30.5 Å². The van der Waals surface area contributed by atoms with E-state index < -0.39 is 11.4 Å². The molecule has 0 N–H and O–H groups in total. The second kappa shape index (κ2) is 9.73. The molecular formula is C26H29FN6O2S. The summed E-state index contributed by atoms with van der Waals surface area (Å²) in [5, 5.41) is 0.325. The zero-order valence-electron chi connectivity index (χ0n) is 20.5. The van der Waals surface area contributed by atoms with E-state index in [4.69, 9.17) is 23.5 Å². The van der Waals surface area contributed by atoms with Crippen LogP contribution < -0.4 is 14.5 Å². The third kappa shape index (κ3) is 4.21. The summed E-state index contributed by atoms with van der Waals surface area (Å²) in [6, 6.07) is 6.43. The molecule has 0 unspecified atom stereocenters. The Labute approximate surface area is 216 Å². The van der Waals surface area contributed by atoms with Gasteiger partial charge in [0.1, 0.15) is 18.3 Å². The molecule has 1 aromatic carbocycles. The van der Waals surface area contributed by atoms with Gasteiger partial charge in [-0.2, -0.15) is 0 Å². The summed E-state index contributed by atoms with van der Waals surface area (Å²) < 4.78 is 20.6. The largest absolute Gasteiger partial charge is 0.489 e. The van der Waals surface area contributed by atoms with Crippen molar-refractivity contribution >= 4 is 40.4 Å². The van der Waals surface area contributed by atoms with Gasteiger partial charge in [-0.3, -0.25) is 14.6 Å². The number of pyridine rings is 1. The average Bonchev–Trinajstić information content (AvgIpc) is 3.08. The number of aryl methyl sites for hydroxylation is 1. The minimum absolute atomic E-state index is 0.114. The number of carbonyl (C=O) groups is 1. The molecule has 0 bridgehead atoms. The number of anilines is 2. The second-order valence-corrected chi connectivity index (χ2v) is 10.1. The smallest absolute Gasteiger partial charge is 0.272 e. The fraction of sp³-hybridized carbons (Fsp3) is 0.462. The van der Waals surface area contributed by atoms with E-state index in [-0.39, 0.29) is 11.7 Å². The van der Waals surface area contributed by atoms with Crippen molar-refractivity contribution in [3.8, 4) is 5.75 Å². The number of aromatic nitrogens is 1. The Kier molecular flexibility index (Phi) is 6.64. The zero-order chi connectivity index (χ0) is 25.4. The summed E-state index contributed by atoms with van der Waals surface area (Å²) in [6.45, 7) is 14.1. The Balaban J connectivity index is 1.38. The molecule has 188 valence electrons. The number of halogens is 1. The number of carbonyl (C=O) groups excluding carboxylic acids is 1. The Morgan fingerprint density at radius 2 is 1.94 bits per heavy atom. The molecule has 1 spiro atoms. The molecule has 0 atom stereocenters. The first kappa shape index (κ1) is 24.6. The summed E-state index contributed by atoms with van der Waals surface area (Å²) in [6.07, 6.45) is 3.73. The third-order valence-corrected chi connectivity index (χ3v) is 7.79. The number of benzene rings is 1. The van der Waals surface area contributed by atoms with E-state index in [2.05, 4.69) is 26.7 Å². The van der Waals surface area contributed by atoms with Crippen LogP contribution in [0.4, 0.5) is 21.6 Å².